The minimum atomic E-state index is -4.35. The lowest BCUT2D eigenvalue weighted by atomic mass is 9.69. The van der Waals surface area contributed by atoms with Crippen molar-refractivity contribution in [1.29, 1.82) is 0 Å². The van der Waals surface area contributed by atoms with Crippen molar-refractivity contribution in [2.45, 2.75) is 36.4 Å². The second kappa shape index (κ2) is 6.45. The van der Waals surface area contributed by atoms with Crippen molar-refractivity contribution in [1.82, 2.24) is 19.9 Å². The topological polar surface area (TPSA) is 134 Å². The van der Waals surface area contributed by atoms with Crippen molar-refractivity contribution in [2.24, 2.45) is 5.92 Å². The minimum absolute atomic E-state index is 0.246. The van der Waals surface area contributed by atoms with Crippen molar-refractivity contribution >= 4 is 16.0 Å². The Morgan fingerprint density at radius 1 is 1.57 bits per heavy atom. The zero-order chi connectivity index (χ0) is 17.3. The van der Waals surface area contributed by atoms with Crippen LogP contribution in [0.25, 0.3) is 0 Å². The third-order valence-electron chi connectivity index (χ3n) is 3.61. The van der Waals surface area contributed by atoms with E-state index in [4.69, 9.17) is 4.74 Å². The van der Waals surface area contributed by atoms with Gasteiger partial charge in [0.05, 0.1) is 6.61 Å². The molecule has 1 aliphatic carbocycles. The Morgan fingerprint density at radius 3 is 2.74 bits per heavy atom. The van der Waals surface area contributed by atoms with Crippen LogP contribution in [0.5, 0.6) is 0 Å². The summed E-state index contributed by atoms with van der Waals surface area (Å²) in [5.41, 5.74) is -1.95. The van der Waals surface area contributed by atoms with Gasteiger partial charge in [-0.2, -0.15) is 4.72 Å². The van der Waals surface area contributed by atoms with Crippen LogP contribution < -0.4 is 4.72 Å². The normalized spacial score (nSPS) is 24.6. The van der Waals surface area contributed by atoms with Gasteiger partial charge in [0.2, 0.25) is 6.43 Å². The van der Waals surface area contributed by atoms with Crippen molar-refractivity contribution in [3.05, 3.63) is 5.82 Å². The van der Waals surface area contributed by atoms with Crippen LogP contribution in [0, 0.1) is 5.92 Å². The van der Waals surface area contributed by atoms with Crippen molar-refractivity contribution in [2.75, 3.05) is 13.7 Å². The molecule has 3 N–H and O–H groups in total. The van der Waals surface area contributed by atoms with E-state index < -0.39 is 51.9 Å². The van der Waals surface area contributed by atoms with Gasteiger partial charge in [-0.15, -0.1) is 5.10 Å². The third kappa shape index (κ3) is 3.64. The molecule has 0 saturated heterocycles. The van der Waals surface area contributed by atoms with Gasteiger partial charge in [0.15, 0.2) is 0 Å². The first-order valence-electron chi connectivity index (χ1n) is 6.66. The summed E-state index contributed by atoms with van der Waals surface area (Å²) in [6.07, 6.45) is -3.38. The number of aromatic amines is 1. The first-order chi connectivity index (χ1) is 10.7. The van der Waals surface area contributed by atoms with Gasteiger partial charge in [-0.3, -0.25) is 9.89 Å². The molecule has 0 radical (unpaired) electrons. The number of hydrogen-bond acceptors (Lipinski definition) is 6. The molecule has 1 aromatic heterocycles. The number of sulfonamides is 1. The van der Waals surface area contributed by atoms with Crippen LogP contribution in [0.15, 0.2) is 5.16 Å². The fourth-order valence-corrected chi connectivity index (χ4v) is 3.58. The van der Waals surface area contributed by atoms with E-state index in [2.05, 4.69) is 15.2 Å². The molecule has 0 spiro atoms. The first-order valence-corrected chi connectivity index (χ1v) is 8.14. The molecule has 23 heavy (non-hydrogen) atoms. The summed E-state index contributed by atoms with van der Waals surface area (Å²) in [7, 11) is -2.89. The molecule has 2 rings (SSSR count). The number of rotatable bonds is 8. The van der Waals surface area contributed by atoms with E-state index in [0.29, 0.717) is 0 Å². The molecule has 1 saturated carbocycles. The maximum absolute atomic E-state index is 12.6. The Labute approximate surface area is 130 Å². The zero-order valence-corrected chi connectivity index (χ0v) is 12.9. The molecule has 0 atom stereocenters. The van der Waals surface area contributed by atoms with Crippen LogP contribution >= 0.6 is 0 Å². The SMILES string of the molecule is COCCc1nc(S(=O)(=O)NC2(C(=O)O)CC(C(F)F)C2)n[nH]1. The average Bonchev–Trinajstić information content (AvgIpc) is 2.89. The second-order valence-corrected chi connectivity index (χ2v) is 6.88. The Bertz CT molecular complexity index is 672. The molecule has 1 aromatic rings. The Hall–Kier alpha value is -1.66. The van der Waals surface area contributed by atoms with Gasteiger partial charge in [-0.1, -0.05) is 0 Å². The molecule has 1 fully saturated rings. The number of alkyl halides is 2. The predicted molar refractivity (Wildman–Crippen MR) is 71.4 cm³/mol. The lowest BCUT2D eigenvalue weighted by molar-refractivity contribution is -0.153. The fourth-order valence-electron chi connectivity index (χ4n) is 2.33. The van der Waals surface area contributed by atoms with Gasteiger partial charge < -0.3 is 9.84 Å². The third-order valence-corrected chi connectivity index (χ3v) is 4.93. The number of ether oxygens (including phenoxy) is 1. The van der Waals surface area contributed by atoms with E-state index in [1.54, 1.807) is 0 Å². The van der Waals surface area contributed by atoms with E-state index in [9.17, 15) is 27.1 Å². The van der Waals surface area contributed by atoms with Gasteiger partial charge in [-0.25, -0.2) is 22.2 Å². The molecule has 0 aromatic carbocycles. The van der Waals surface area contributed by atoms with E-state index in [1.165, 1.54) is 7.11 Å². The van der Waals surface area contributed by atoms with E-state index in [-0.39, 0.29) is 18.9 Å². The number of nitrogens with one attached hydrogen (secondary N) is 2. The Kier molecular flexibility index (Phi) is 4.96. The molecular formula is C11H16F2N4O5S. The summed E-state index contributed by atoms with van der Waals surface area (Å²) in [4.78, 5) is 15.0. The lowest BCUT2D eigenvalue weighted by Gasteiger charge is -2.43. The largest absolute Gasteiger partial charge is 0.480 e. The Balaban J connectivity index is 2.13. The summed E-state index contributed by atoms with van der Waals surface area (Å²) in [5, 5.41) is 14.5. The minimum Gasteiger partial charge on any atom is -0.480 e. The summed E-state index contributed by atoms with van der Waals surface area (Å²) in [6, 6.07) is 0. The summed E-state index contributed by atoms with van der Waals surface area (Å²) >= 11 is 0. The van der Waals surface area contributed by atoms with Crippen molar-refractivity contribution < 1.29 is 31.8 Å². The van der Waals surface area contributed by atoms with E-state index in [0.717, 1.165) is 0 Å². The summed E-state index contributed by atoms with van der Waals surface area (Å²) < 4.78 is 56.2. The molecule has 1 aliphatic rings. The van der Waals surface area contributed by atoms with Crippen LogP contribution in [0.3, 0.4) is 0 Å². The van der Waals surface area contributed by atoms with Gasteiger partial charge in [0.1, 0.15) is 11.4 Å². The number of nitrogens with zero attached hydrogens (tertiary/aromatic N) is 2. The molecule has 0 amide bonds. The number of carbonyl (C=O) groups is 1. The second-order valence-electron chi connectivity index (χ2n) is 5.30. The first kappa shape index (κ1) is 17.7. The van der Waals surface area contributed by atoms with E-state index >= 15 is 0 Å². The monoisotopic (exact) mass is 354 g/mol. The number of hydrogen-bond donors (Lipinski definition) is 3. The maximum atomic E-state index is 12.6. The molecular weight excluding hydrogens is 338 g/mol. The molecule has 130 valence electrons. The number of methoxy groups -OCH3 is 1. The number of aromatic nitrogens is 3. The number of halogens is 2. The molecule has 1 heterocycles. The van der Waals surface area contributed by atoms with Crippen LogP contribution in [0.4, 0.5) is 8.78 Å². The quantitative estimate of drug-likeness (QED) is 0.587. The van der Waals surface area contributed by atoms with Crippen molar-refractivity contribution in [3.63, 3.8) is 0 Å². The van der Waals surface area contributed by atoms with Gasteiger partial charge in [0.25, 0.3) is 15.2 Å². The Morgan fingerprint density at radius 2 is 2.22 bits per heavy atom. The number of H-pyrrole nitrogens is 1. The number of carboxylic acids is 1. The average molecular weight is 354 g/mol. The molecule has 0 aliphatic heterocycles. The standard InChI is InChI=1S/C11H16F2N4O5S/c1-22-3-2-7-14-10(16-15-7)23(20,21)17-11(9(18)19)4-6(5-11)8(12)13/h6,8,17H,2-5H2,1H3,(H,18,19)(H,14,15,16). The molecule has 0 bridgehead atoms. The van der Waals surface area contributed by atoms with Gasteiger partial charge in [0, 0.05) is 19.4 Å². The fraction of sp³-hybridized carbons (Fsp3) is 0.727. The zero-order valence-electron chi connectivity index (χ0n) is 12.1. The van der Waals surface area contributed by atoms with Gasteiger partial charge in [-0.05, 0) is 12.8 Å². The molecule has 9 nitrogen and oxygen atoms in total. The summed E-state index contributed by atoms with van der Waals surface area (Å²) in [6.45, 7) is 0.289. The number of aliphatic carboxylic acids is 1. The highest BCUT2D eigenvalue weighted by Crippen LogP contribution is 2.42. The highest BCUT2D eigenvalue weighted by atomic mass is 32.2. The van der Waals surface area contributed by atoms with Crippen molar-refractivity contribution in [3.8, 4) is 0 Å². The van der Waals surface area contributed by atoms with Gasteiger partial charge >= 0.3 is 5.97 Å². The summed E-state index contributed by atoms with van der Waals surface area (Å²) in [5.74, 6) is -2.41. The highest BCUT2D eigenvalue weighted by Gasteiger charge is 2.56. The maximum Gasteiger partial charge on any atom is 0.324 e. The predicted octanol–water partition coefficient (Wildman–Crippen LogP) is -0.230. The number of carboxylic acid groups (broad SMARTS) is 1. The smallest absolute Gasteiger partial charge is 0.324 e. The van der Waals surface area contributed by atoms with Crippen LogP contribution in [0.1, 0.15) is 18.7 Å². The lowest BCUT2D eigenvalue weighted by Crippen LogP contribution is -2.63. The van der Waals surface area contributed by atoms with Crippen LogP contribution in [-0.2, 0) is 26.0 Å². The molecule has 0 unspecified atom stereocenters. The molecule has 12 heteroatoms. The van der Waals surface area contributed by atoms with Crippen LogP contribution in [0.2, 0.25) is 0 Å². The van der Waals surface area contributed by atoms with E-state index in [1.807, 2.05) is 4.72 Å². The highest BCUT2D eigenvalue weighted by molar-refractivity contribution is 7.89. The van der Waals surface area contributed by atoms with Crippen LogP contribution in [-0.4, -0.2) is 60.4 Å².